The van der Waals surface area contributed by atoms with Crippen molar-refractivity contribution in [2.45, 2.75) is 45.3 Å². The van der Waals surface area contributed by atoms with Gasteiger partial charge in [0.25, 0.3) is 0 Å². The molecular weight excluding hydrogens is 326 g/mol. The molecule has 1 aromatic carbocycles. The summed E-state index contributed by atoms with van der Waals surface area (Å²) in [7, 11) is 0. The Morgan fingerprint density at radius 2 is 1.92 bits per heavy atom. The maximum atomic E-state index is 13.4. The van der Waals surface area contributed by atoms with Gasteiger partial charge >= 0.3 is 0 Å². The lowest BCUT2D eigenvalue weighted by Gasteiger charge is -2.47. The number of hydrogen-bond acceptors (Lipinski definition) is 3. The lowest BCUT2D eigenvalue weighted by atomic mass is 9.72. The van der Waals surface area contributed by atoms with Gasteiger partial charge in [-0.3, -0.25) is 9.69 Å². The number of rotatable bonds is 4. The summed E-state index contributed by atoms with van der Waals surface area (Å²) >= 11 is 0. The van der Waals surface area contributed by atoms with E-state index < -0.39 is 17.7 Å². The molecule has 2 aliphatic rings. The molecule has 1 amide bonds. The van der Waals surface area contributed by atoms with Gasteiger partial charge in [0.05, 0.1) is 6.10 Å². The van der Waals surface area contributed by atoms with Crippen molar-refractivity contribution < 1.29 is 18.7 Å². The molecule has 0 saturated carbocycles. The molecule has 25 heavy (non-hydrogen) atoms. The number of carbonyl (C=O) groups is 1. The zero-order valence-electron chi connectivity index (χ0n) is 14.7. The van der Waals surface area contributed by atoms with Crippen molar-refractivity contribution in [3.8, 4) is 0 Å². The van der Waals surface area contributed by atoms with Crippen molar-refractivity contribution in [3.05, 3.63) is 35.4 Å². The third-order valence-electron chi connectivity index (χ3n) is 5.54. The van der Waals surface area contributed by atoms with Crippen LogP contribution in [0.2, 0.25) is 0 Å². The summed E-state index contributed by atoms with van der Waals surface area (Å²) in [4.78, 5) is 16.1. The van der Waals surface area contributed by atoms with Crippen LogP contribution in [0.25, 0.3) is 0 Å². The van der Waals surface area contributed by atoms with Gasteiger partial charge < -0.3 is 10.0 Å². The molecule has 0 radical (unpaired) electrons. The van der Waals surface area contributed by atoms with Gasteiger partial charge in [0.2, 0.25) is 5.91 Å². The van der Waals surface area contributed by atoms with Gasteiger partial charge in [-0.2, -0.15) is 0 Å². The first kappa shape index (κ1) is 18.3. The van der Waals surface area contributed by atoms with Crippen molar-refractivity contribution in [1.82, 2.24) is 9.80 Å². The number of halogens is 2. The van der Waals surface area contributed by atoms with Gasteiger partial charge in [0.15, 0.2) is 11.6 Å². The Morgan fingerprint density at radius 3 is 2.56 bits per heavy atom. The summed E-state index contributed by atoms with van der Waals surface area (Å²) in [5.41, 5.74) is 0.914. The summed E-state index contributed by atoms with van der Waals surface area (Å²) in [5, 5.41) is 9.60. The second-order valence-electron chi connectivity index (χ2n) is 7.65. The Kier molecular flexibility index (Phi) is 5.39. The van der Waals surface area contributed by atoms with E-state index >= 15 is 0 Å². The van der Waals surface area contributed by atoms with Crippen LogP contribution in [-0.4, -0.2) is 53.1 Å². The van der Waals surface area contributed by atoms with Crippen molar-refractivity contribution in [1.29, 1.82) is 0 Å². The fourth-order valence-corrected chi connectivity index (χ4v) is 4.08. The number of nitrogens with zero attached hydrogens (tertiary/aromatic N) is 2. The summed E-state index contributed by atoms with van der Waals surface area (Å²) in [6.07, 6.45) is 2.92. The van der Waals surface area contributed by atoms with Crippen LogP contribution in [0.5, 0.6) is 0 Å². The standard InChI is InChI=1S/C19H26F2N2O2/c1-14(24)11-23-13-19(5-4-18(23)25)6-8-22(9-7-19)12-15-2-3-16(20)17(21)10-15/h2-3,10,14,24H,4-9,11-13H2,1H3/t14-/m1/s1. The minimum Gasteiger partial charge on any atom is -0.392 e. The highest BCUT2D eigenvalue weighted by Crippen LogP contribution is 2.40. The molecule has 1 N–H and O–H groups in total. The van der Waals surface area contributed by atoms with Crippen molar-refractivity contribution in [2.75, 3.05) is 26.2 Å². The molecule has 0 aliphatic carbocycles. The molecule has 1 spiro atoms. The summed E-state index contributed by atoms with van der Waals surface area (Å²) < 4.78 is 26.4. The molecule has 6 heteroatoms. The van der Waals surface area contributed by atoms with E-state index in [-0.39, 0.29) is 11.3 Å². The zero-order chi connectivity index (χ0) is 18.0. The Labute approximate surface area is 147 Å². The van der Waals surface area contributed by atoms with E-state index in [0.717, 1.165) is 44.5 Å². The number of benzene rings is 1. The van der Waals surface area contributed by atoms with Crippen LogP contribution in [0.4, 0.5) is 8.78 Å². The zero-order valence-corrected chi connectivity index (χ0v) is 14.7. The summed E-state index contributed by atoms with van der Waals surface area (Å²) in [5.74, 6) is -1.48. The molecular formula is C19H26F2N2O2. The normalized spacial score (nSPS) is 22.4. The third-order valence-corrected chi connectivity index (χ3v) is 5.54. The molecule has 1 atom stereocenters. The van der Waals surface area contributed by atoms with Crippen molar-refractivity contribution in [2.24, 2.45) is 5.41 Å². The quantitative estimate of drug-likeness (QED) is 0.906. The third kappa shape index (κ3) is 4.36. The number of aliphatic hydroxyl groups is 1. The number of piperidine rings is 2. The molecule has 138 valence electrons. The van der Waals surface area contributed by atoms with Crippen LogP contribution in [0.15, 0.2) is 18.2 Å². The van der Waals surface area contributed by atoms with Gasteiger partial charge in [0.1, 0.15) is 0 Å². The monoisotopic (exact) mass is 352 g/mol. The minimum absolute atomic E-state index is 0.132. The van der Waals surface area contributed by atoms with E-state index in [1.807, 2.05) is 0 Å². The van der Waals surface area contributed by atoms with Gasteiger partial charge in [0, 0.05) is 26.1 Å². The molecule has 2 saturated heterocycles. The Morgan fingerprint density at radius 1 is 1.20 bits per heavy atom. The lowest BCUT2D eigenvalue weighted by Crippen LogP contribution is -2.52. The molecule has 0 unspecified atom stereocenters. The first-order valence-electron chi connectivity index (χ1n) is 8.99. The first-order valence-corrected chi connectivity index (χ1v) is 8.99. The van der Waals surface area contributed by atoms with Gasteiger partial charge in [-0.25, -0.2) is 8.78 Å². The predicted octanol–water partition coefficient (Wildman–Crippen LogP) is 2.55. The Balaban J connectivity index is 1.57. The van der Waals surface area contributed by atoms with Gasteiger partial charge in [-0.1, -0.05) is 6.07 Å². The number of aliphatic hydroxyl groups excluding tert-OH is 1. The number of likely N-dealkylation sites (tertiary alicyclic amines) is 2. The number of amides is 1. The van der Waals surface area contributed by atoms with Gasteiger partial charge in [-0.05, 0) is 62.4 Å². The fraction of sp³-hybridized carbons (Fsp3) is 0.632. The minimum atomic E-state index is -0.813. The van der Waals surface area contributed by atoms with E-state index in [1.54, 1.807) is 17.9 Å². The predicted molar refractivity (Wildman–Crippen MR) is 90.8 cm³/mol. The molecule has 1 aromatic rings. The number of β-amino-alcohol motifs (C(OH)–C–C–N with tert-alkyl or cyclic N) is 1. The smallest absolute Gasteiger partial charge is 0.222 e. The molecule has 2 aliphatic heterocycles. The average molecular weight is 352 g/mol. The van der Waals surface area contributed by atoms with Crippen LogP contribution in [0.3, 0.4) is 0 Å². The highest BCUT2D eigenvalue weighted by atomic mass is 19.2. The SMILES string of the molecule is C[C@@H](O)CN1CC2(CCC1=O)CCN(Cc1ccc(F)c(F)c1)CC2. The average Bonchev–Trinajstić information content (AvgIpc) is 2.56. The van der Waals surface area contributed by atoms with Crippen LogP contribution >= 0.6 is 0 Å². The van der Waals surface area contributed by atoms with Crippen LogP contribution < -0.4 is 0 Å². The van der Waals surface area contributed by atoms with Crippen molar-refractivity contribution in [3.63, 3.8) is 0 Å². The number of hydrogen-bond donors (Lipinski definition) is 1. The van der Waals surface area contributed by atoms with Crippen LogP contribution in [-0.2, 0) is 11.3 Å². The summed E-state index contributed by atoms with van der Waals surface area (Å²) in [6.45, 7) is 5.21. The highest BCUT2D eigenvalue weighted by Gasteiger charge is 2.41. The van der Waals surface area contributed by atoms with E-state index in [2.05, 4.69) is 4.90 Å². The van der Waals surface area contributed by atoms with E-state index in [4.69, 9.17) is 0 Å². The molecule has 0 bridgehead atoms. The number of carbonyl (C=O) groups excluding carboxylic acids is 1. The van der Waals surface area contributed by atoms with Crippen LogP contribution in [0.1, 0.15) is 38.2 Å². The Hall–Kier alpha value is -1.53. The van der Waals surface area contributed by atoms with Crippen molar-refractivity contribution >= 4 is 5.91 Å². The maximum absolute atomic E-state index is 13.4. The molecule has 2 fully saturated rings. The van der Waals surface area contributed by atoms with Crippen LogP contribution in [0, 0.1) is 17.0 Å². The molecule has 2 heterocycles. The molecule has 4 nitrogen and oxygen atoms in total. The topological polar surface area (TPSA) is 43.8 Å². The van der Waals surface area contributed by atoms with E-state index in [0.29, 0.717) is 19.5 Å². The molecule has 3 rings (SSSR count). The van der Waals surface area contributed by atoms with E-state index in [1.165, 1.54) is 12.1 Å². The second kappa shape index (κ2) is 7.38. The Bertz CT molecular complexity index is 628. The first-order chi connectivity index (χ1) is 11.9. The highest BCUT2D eigenvalue weighted by molar-refractivity contribution is 5.77. The fourth-order valence-electron chi connectivity index (χ4n) is 4.08. The largest absolute Gasteiger partial charge is 0.392 e. The second-order valence-corrected chi connectivity index (χ2v) is 7.65. The summed E-state index contributed by atoms with van der Waals surface area (Å²) in [6, 6.07) is 4.08. The van der Waals surface area contributed by atoms with Gasteiger partial charge in [-0.15, -0.1) is 0 Å². The maximum Gasteiger partial charge on any atom is 0.222 e. The van der Waals surface area contributed by atoms with E-state index in [9.17, 15) is 18.7 Å². The molecule has 0 aromatic heterocycles. The lowest BCUT2D eigenvalue weighted by molar-refractivity contribution is -0.140.